The molecular weight excluding hydrogens is 666 g/mol. The highest BCUT2D eigenvalue weighted by Crippen LogP contribution is 2.60. The van der Waals surface area contributed by atoms with Gasteiger partial charge in [0.15, 0.2) is 0 Å². The normalized spacial score (nSPS) is 27.3. The van der Waals surface area contributed by atoms with Gasteiger partial charge in [-0.1, -0.05) is 71.3 Å². The van der Waals surface area contributed by atoms with E-state index in [2.05, 4.69) is 34.4 Å². The number of rotatable bonds is 18. The van der Waals surface area contributed by atoms with Crippen LogP contribution in [-0.4, -0.2) is 93.0 Å². The Labute approximate surface area is 287 Å². The second-order valence-corrected chi connectivity index (χ2v) is 14.3. The number of carbonyl (C=O) groups excluding carboxylic acids is 4. The molecular formula is C36H50BrN3O7. The number of carbonyl (C=O) groups is 4. The summed E-state index contributed by atoms with van der Waals surface area (Å²) in [6.45, 7) is 13.9. The van der Waals surface area contributed by atoms with Crippen molar-refractivity contribution in [3.8, 4) is 0 Å². The maximum Gasteiger partial charge on any atom is 0.313 e. The SMILES string of the molecule is C=CCCC(=O)N[C@H](C)[C@@H](OC(=O)[C@@H]1[C@H]2O[C@@]3(CC2Br)[C@H](C(=O)N(CC=C)C(C)C)N(CCCCCCO)C(=O)[C@@H]13)c1ccccc1. The summed E-state index contributed by atoms with van der Waals surface area (Å²) < 4.78 is 12.9. The van der Waals surface area contributed by atoms with E-state index in [-0.39, 0.29) is 41.6 Å². The minimum Gasteiger partial charge on any atom is -0.455 e. The maximum absolute atomic E-state index is 14.4. The van der Waals surface area contributed by atoms with E-state index >= 15 is 0 Å². The third-order valence-electron chi connectivity index (χ3n) is 9.62. The number of aliphatic hydroxyl groups excluding tert-OH is 1. The Morgan fingerprint density at radius 2 is 1.85 bits per heavy atom. The molecule has 2 bridgehead atoms. The first kappa shape index (κ1) is 36.8. The number of aliphatic hydroxyl groups is 1. The average molecular weight is 717 g/mol. The van der Waals surface area contributed by atoms with Crippen molar-refractivity contribution >= 4 is 39.6 Å². The fourth-order valence-corrected chi connectivity index (χ4v) is 8.40. The first-order valence-corrected chi connectivity index (χ1v) is 17.7. The lowest BCUT2D eigenvalue weighted by atomic mass is 9.70. The summed E-state index contributed by atoms with van der Waals surface area (Å²) in [6, 6.07) is 7.60. The van der Waals surface area contributed by atoms with E-state index in [0.29, 0.717) is 44.3 Å². The van der Waals surface area contributed by atoms with Gasteiger partial charge in [-0.3, -0.25) is 19.2 Å². The number of halogens is 1. The molecule has 47 heavy (non-hydrogen) atoms. The van der Waals surface area contributed by atoms with E-state index in [9.17, 15) is 24.3 Å². The Hall–Kier alpha value is -3.02. The van der Waals surface area contributed by atoms with E-state index < -0.39 is 47.7 Å². The molecule has 3 amide bonds. The molecule has 0 aliphatic carbocycles. The molecule has 8 atom stereocenters. The lowest BCUT2D eigenvalue weighted by Crippen LogP contribution is -2.58. The maximum atomic E-state index is 14.4. The number of amides is 3. The third kappa shape index (κ3) is 7.67. The van der Waals surface area contributed by atoms with Crippen molar-refractivity contribution in [1.82, 2.24) is 15.1 Å². The number of unbranched alkanes of at least 4 members (excludes halogenated alkanes) is 3. The zero-order chi connectivity index (χ0) is 34.3. The smallest absolute Gasteiger partial charge is 0.313 e. The summed E-state index contributed by atoms with van der Waals surface area (Å²) in [4.78, 5) is 58.8. The molecule has 3 aliphatic heterocycles. The van der Waals surface area contributed by atoms with E-state index in [4.69, 9.17) is 9.47 Å². The van der Waals surface area contributed by atoms with Gasteiger partial charge in [0.2, 0.25) is 17.7 Å². The topological polar surface area (TPSA) is 125 Å². The summed E-state index contributed by atoms with van der Waals surface area (Å²) in [7, 11) is 0. The number of hydrogen-bond acceptors (Lipinski definition) is 7. The number of benzene rings is 1. The summed E-state index contributed by atoms with van der Waals surface area (Å²) in [5, 5.41) is 12.2. The van der Waals surface area contributed by atoms with Crippen LogP contribution in [0.15, 0.2) is 55.6 Å². The van der Waals surface area contributed by atoms with Crippen molar-refractivity contribution < 1.29 is 33.8 Å². The number of alkyl halides is 1. The zero-order valence-electron chi connectivity index (χ0n) is 27.8. The van der Waals surface area contributed by atoms with Crippen LogP contribution >= 0.6 is 15.9 Å². The highest BCUT2D eigenvalue weighted by molar-refractivity contribution is 9.09. The Bertz CT molecular complexity index is 1290. The van der Waals surface area contributed by atoms with Crippen LogP contribution in [0.4, 0.5) is 0 Å². The molecule has 0 saturated carbocycles. The van der Waals surface area contributed by atoms with Crippen LogP contribution < -0.4 is 5.32 Å². The molecule has 2 N–H and O–H groups in total. The predicted molar refractivity (Wildman–Crippen MR) is 182 cm³/mol. The Kier molecular flexibility index (Phi) is 12.8. The second kappa shape index (κ2) is 16.4. The molecule has 1 unspecified atom stereocenters. The van der Waals surface area contributed by atoms with Gasteiger partial charge >= 0.3 is 5.97 Å². The number of ether oxygens (including phenoxy) is 2. The van der Waals surface area contributed by atoms with Crippen molar-refractivity contribution in [3.05, 3.63) is 61.2 Å². The van der Waals surface area contributed by atoms with Crippen molar-refractivity contribution in [3.63, 3.8) is 0 Å². The van der Waals surface area contributed by atoms with Crippen molar-refractivity contribution in [2.24, 2.45) is 11.8 Å². The van der Waals surface area contributed by atoms with Gasteiger partial charge in [0.1, 0.15) is 17.7 Å². The fraction of sp³-hybridized carbons (Fsp3) is 0.611. The number of fused-ring (bicyclic) bond motifs is 1. The van der Waals surface area contributed by atoms with Gasteiger partial charge in [-0.2, -0.15) is 0 Å². The van der Waals surface area contributed by atoms with E-state index in [1.165, 1.54) is 0 Å². The molecule has 4 rings (SSSR count). The van der Waals surface area contributed by atoms with Gasteiger partial charge in [0, 0.05) is 37.0 Å². The van der Waals surface area contributed by atoms with Gasteiger partial charge in [0.25, 0.3) is 0 Å². The minimum atomic E-state index is -1.21. The molecule has 3 aliphatic rings. The first-order valence-electron chi connectivity index (χ1n) is 16.8. The molecule has 0 radical (unpaired) electrons. The van der Waals surface area contributed by atoms with Crippen molar-refractivity contribution in [1.29, 1.82) is 0 Å². The number of esters is 1. The van der Waals surface area contributed by atoms with Gasteiger partial charge in [-0.25, -0.2) is 0 Å². The molecule has 11 heteroatoms. The van der Waals surface area contributed by atoms with Crippen molar-refractivity contribution in [2.45, 2.75) is 106 Å². The molecule has 0 aromatic heterocycles. The van der Waals surface area contributed by atoms with Crippen LogP contribution in [0.1, 0.15) is 77.4 Å². The van der Waals surface area contributed by atoms with Gasteiger partial charge in [-0.15, -0.1) is 13.2 Å². The quantitative estimate of drug-likeness (QED) is 0.0995. The number of hydrogen-bond donors (Lipinski definition) is 2. The Balaban J connectivity index is 1.67. The average Bonchev–Trinajstić information content (AvgIpc) is 3.64. The highest BCUT2D eigenvalue weighted by atomic mass is 79.9. The second-order valence-electron chi connectivity index (χ2n) is 13.2. The monoisotopic (exact) mass is 715 g/mol. The number of nitrogens with zero attached hydrogens (tertiary/aromatic N) is 2. The fourth-order valence-electron chi connectivity index (χ4n) is 7.46. The Morgan fingerprint density at radius 1 is 1.15 bits per heavy atom. The molecule has 10 nitrogen and oxygen atoms in total. The summed E-state index contributed by atoms with van der Waals surface area (Å²) >= 11 is 3.73. The van der Waals surface area contributed by atoms with E-state index in [0.717, 1.165) is 12.8 Å². The standard InChI is InChI=1S/C36H50BrN3O7/c1-6-8-18-27(42)38-24(5)30(25-16-12-11-13-17-25)46-35(45)28-29-33(43)40(20-14-9-10-15-21-41)32(34(44)39(19-7-2)23(3)4)36(29)22-26(37)31(28)47-36/h6-7,11-13,16-17,23-24,26,28-32,41H,1-2,8-10,14-15,18-22H2,3-5H3,(H,38,42)/t24-,26?,28+,29-,30-,31+,32+,36-/m1/s1. The minimum absolute atomic E-state index is 0.104. The molecule has 258 valence electrons. The van der Waals surface area contributed by atoms with Crippen LogP contribution in [0.2, 0.25) is 0 Å². The van der Waals surface area contributed by atoms with Crippen LogP contribution in [0.25, 0.3) is 0 Å². The number of nitrogens with one attached hydrogen (secondary N) is 1. The van der Waals surface area contributed by atoms with Crippen molar-refractivity contribution in [2.75, 3.05) is 19.7 Å². The molecule has 3 saturated heterocycles. The van der Waals surface area contributed by atoms with Crippen LogP contribution in [0.5, 0.6) is 0 Å². The predicted octanol–water partition coefficient (Wildman–Crippen LogP) is 4.47. The largest absolute Gasteiger partial charge is 0.455 e. The van der Waals surface area contributed by atoms with E-state index in [1.54, 1.807) is 28.9 Å². The lowest BCUT2D eigenvalue weighted by Gasteiger charge is -2.38. The summed E-state index contributed by atoms with van der Waals surface area (Å²) in [6.07, 6.45) is 5.95. The van der Waals surface area contributed by atoms with Crippen LogP contribution in [-0.2, 0) is 28.7 Å². The first-order chi connectivity index (χ1) is 22.5. The zero-order valence-corrected chi connectivity index (χ0v) is 29.4. The highest BCUT2D eigenvalue weighted by Gasteiger charge is 2.77. The van der Waals surface area contributed by atoms with Crippen LogP contribution in [0.3, 0.4) is 0 Å². The number of allylic oxidation sites excluding steroid dienone is 1. The summed E-state index contributed by atoms with van der Waals surface area (Å²) in [5.74, 6) is -3.13. The van der Waals surface area contributed by atoms with Gasteiger partial charge in [-0.05, 0) is 52.0 Å². The number of likely N-dealkylation sites (tertiary alicyclic amines) is 1. The lowest BCUT2D eigenvalue weighted by molar-refractivity contribution is -0.162. The molecule has 3 fully saturated rings. The molecule has 1 aromatic rings. The third-order valence-corrected chi connectivity index (χ3v) is 10.5. The molecule has 1 aromatic carbocycles. The molecule has 3 heterocycles. The van der Waals surface area contributed by atoms with Gasteiger partial charge in [0.05, 0.1) is 24.0 Å². The summed E-state index contributed by atoms with van der Waals surface area (Å²) in [5.41, 5.74) is -0.498. The van der Waals surface area contributed by atoms with Gasteiger partial charge < -0.3 is 29.7 Å². The van der Waals surface area contributed by atoms with E-state index in [1.807, 2.05) is 44.2 Å². The Morgan fingerprint density at radius 3 is 2.49 bits per heavy atom. The molecule has 1 spiro atoms. The van der Waals surface area contributed by atoms with Crippen LogP contribution in [0, 0.1) is 11.8 Å².